The largest absolute Gasteiger partial charge is 0.341 e. The molecule has 1 unspecified atom stereocenters. The fourth-order valence-corrected chi connectivity index (χ4v) is 5.10. The zero-order chi connectivity index (χ0) is 23.3. The number of aryl methyl sites for hydroxylation is 2. The molecule has 33 heavy (non-hydrogen) atoms. The van der Waals surface area contributed by atoms with Crippen molar-refractivity contribution in [1.82, 2.24) is 4.57 Å². The number of rotatable bonds is 4. The summed E-state index contributed by atoms with van der Waals surface area (Å²) in [6.45, 7) is 8.38. The molecule has 0 aliphatic heterocycles. The lowest BCUT2D eigenvalue weighted by Crippen LogP contribution is -2.07. The van der Waals surface area contributed by atoms with E-state index in [1.54, 1.807) is 0 Å². The maximum atomic E-state index is 13.3. The molecule has 0 bridgehead atoms. The van der Waals surface area contributed by atoms with Crippen LogP contribution in [0.25, 0.3) is 21.8 Å². The van der Waals surface area contributed by atoms with Gasteiger partial charge in [0.05, 0.1) is 5.71 Å². The highest BCUT2D eigenvalue weighted by molar-refractivity contribution is 6.19. The fraction of sp³-hybridized carbons (Fsp3) is 0.250. The summed E-state index contributed by atoms with van der Waals surface area (Å²) in [5.41, 5.74) is 7.65. The second-order valence-electron chi connectivity index (χ2n) is 8.77. The molecule has 0 fully saturated rings. The van der Waals surface area contributed by atoms with Crippen molar-refractivity contribution in [2.75, 3.05) is 0 Å². The molecule has 1 aliphatic rings. The first-order valence-corrected chi connectivity index (χ1v) is 11.3. The highest BCUT2D eigenvalue weighted by atomic mass is 16.7. The first-order chi connectivity index (χ1) is 15.9. The van der Waals surface area contributed by atoms with Gasteiger partial charge < -0.3 is 9.40 Å². The molecule has 5 rings (SSSR count). The summed E-state index contributed by atoms with van der Waals surface area (Å²) in [4.78, 5) is 29.7. The molecule has 4 aromatic rings. The Morgan fingerprint density at radius 1 is 1.09 bits per heavy atom. The van der Waals surface area contributed by atoms with Crippen molar-refractivity contribution in [2.24, 2.45) is 11.1 Å². The van der Waals surface area contributed by atoms with E-state index in [4.69, 9.17) is 4.84 Å². The molecule has 0 saturated heterocycles. The van der Waals surface area contributed by atoms with Crippen molar-refractivity contribution < 1.29 is 14.4 Å². The molecule has 1 heterocycles. The Hall–Kier alpha value is -3.73. The summed E-state index contributed by atoms with van der Waals surface area (Å²) in [6, 6.07) is 17.9. The van der Waals surface area contributed by atoms with E-state index in [-0.39, 0.29) is 11.7 Å². The van der Waals surface area contributed by atoms with Gasteiger partial charge in [-0.1, -0.05) is 42.4 Å². The molecule has 1 atom stereocenters. The van der Waals surface area contributed by atoms with Crippen molar-refractivity contribution in [3.8, 4) is 0 Å². The molecule has 5 nitrogen and oxygen atoms in total. The average Bonchev–Trinajstić information content (AvgIpc) is 3.30. The normalized spacial score (nSPS) is 16.5. The van der Waals surface area contributed by atoms with Crippen molar-refractivity contribution in [3.63, 3.8) is 0 Å². The fourth-order valence-electron chi connectivity index (χ4n) is 5.10. The van der Waals surface area contributed by atoms with E-state index in [1.165, 1.54) is 12.5 Å². The van der Waals surface area contributed by atoms with Crippen LogP contribution in [-0.2, 0) is 22.6 Å². The summed E-state index contributed by atoms with van der Waals surface area (Å²) in [7, 11) is 0. The monoisotopic (exact) mass is 438 g/mol. The standard InChI is InChI=1S/C28H26N2O3/c1-5-30-24-12-10-19(28(32)20-9-7-6-8-16(20)2)15-23(24)26-22-14-17(3)27(29-33-18(4)31)21(22)11-13-25(26)30/h6-13,15,17H,5,14H2,1-4H3/b29-27+. The van der Waals surface area contributed by atoms with Crippen molar-refractivity contribution >= 4 is 39.3 Å². The SMILES string of the molecule is CCn1c2ccc(C(=O)c3ccccc3C)cc2c2c3c(ccc21)/C(=N/OC(C)=O)C(C)C3. The number of nitrogens with zero attached hydrogens (tertiary/aromatic N) is 2. The zero-order valence-electron chi connectivity index (χ0n) is 19.3. The van der Waals surface area contributed by atoms with Crippen LogP contribution in [0.5, 0.6) is 0 Å². The van der Waals surface area contributed by atoms with Crippen molar-refractivity contribution in [1.29, 1.82) is 0 Å². The summed E-state index contributed by atoms with van der Waals surface area (Å²) in [5.74, 6) is -0.251. The molecular formula is C28H26N2O3. The summed E-state index contributed by atoms with van der Waals surface area (Å²) in [6.07, 6.45) is 0.811. The topological polar surface area (TPSA) is 60.7 Å². The molecule has 3 aromatic carbocycles. The highest BCUT2D eigenvalue weighted by Gasteiger charge is 2.30. The Balaban J connectivity index is 1.74. The number of benzene rings is 3. The number of carbonyl (C=O) groups excluding carboxylic acids is 2. The van der Waals surface area contributed by atoms with Crippen molar-refractivity contribution in [3.05, 3.63) is 82.4 Å². The number of carbonyl (C=O) groups is 2. The smallest absolute Gasteiger partial charge is 0.331 e. The van der Waals surface area contributed by atoms with Gasteiger partial charge in [0.25, 0.3) is 0 Å². The number of ketones is 1. The van der Waals surface area contributed by atoms with Crippen LogP contribution in [0, 0.1) is 12.8 Å². The Labute approximate surface area is 192 Å². The Kier molecular flexibility index (Phi) is 5.12. The van der Waals surface area contributed by atoms with Crippen LogP contribution < -0.4 is 0 Å². The van der Waals surface area contributed by atoms with Gasteiger partial charge in [0.1, 0.15) is 0 Å². The van der Waals surface area contributed by atoms with E-state index in [2.05, 4.69) is 41.8 Å². The highest BCUT2D eigenvalue weighted by Crippen LogP contribution is 2.39. The van der Waals surface area contributed by atoms with Gasteiger partial charge >= 0.3 is 5.97 Å². The first-order valence-electron chi connectivity index (χ1n) is 11.3. The predicted molar refractivity (Wildman–Crippen MR) is 131 cm³/mol. The van der Waals surface area contributed by atoms with E-state index in [0.717, 1.165) is 57.2 Å². The van der Waals surface area contributed by atoms with Crippen LogP contribution in [0.3, 0.4) is 0 Å². The first kappa shape index (κ1) is 21.1. The molecule has 0 radical (unpaired) electrons. The van der Waals surface area contributed by atoms with E-state index in [1.807, 2.05) is 43.3 Å². The molecule has 166 valence electrons. The maximum Gasteiger partial charge on any atom is 0.331 e. The minimum atomic E-state index is -0.425. The van der Waals surface area contributed by atoms with E-state index < -0.39 is 5.97 Å². The molecule has 0 saturated carbocycles. The van der Waals surface area contributed by atoms with Gasteiger partial charge in [0, 0.05) is 57.9 Å². The molecule has 1 aliphatic carbocycles. The lowest BCUT2D eigenvalue weighted by molar-refractivity contribution is -0.140. The van der Waals surface area contributed by atoms with Crippen LogP contribution in [0.15, 0.2) is 59.8 Å². The van der Waals surface area contributed by atoms with Gasteiger partial charge in [0.15, 0.2) is 5.78 Å². The number of oxime groups is 1. The van der Waals surface area contributed by atoms with Crippen LogP contribution in [0.1, 0.15) is 53.4 Å². The van der Waals surface area contributed by atoms with Crippen LogP contribution in [0.4, 0.5) is 0 Å². The summed E-state index contributed by atoms with van der Waals surface area (Å²) < 4.78 is 2.29. The van der Waals surface area contributed by atoms with Gasteiger partial charge in [-0.3, -0.25) is 4.79 Å². The molecule has 0 amide bonds. The number of aromatic nitrogens is 1. The van der Waals surface area contributed by atoms with Gasteiger partial charge in [0.2, 0.25) is 0 Å². The van der Waals surface area contributed by atoms with Gasteiger partial charge in [-0.05, 0) is 55.7 Å². The third-order valence-electron chi connectivity index (χ3n) is 6.63. The zero-order valence-corrected chi connectivity index (χ0v) is 19.3. The van der Waals surface area contributed by atoms with E-state index in [9.17, 15) is 9.59 Å². The minimum absolute atomic E-state index is 0.0328. The second kappa shape index (κ2) is 8.00. The van der Waals surface area contributed by atoms with E-state index in [0.29, 0.717) is 5.56 Å². The third kappa shape index (κ3) is 3.35. The molecule has 0 spiro atoms. The number of fused-ring (bicyclic) bond motifs is 5. The van der Waals surface area contributed by atoms with Gasteiger partial charge in [-0.15, -0.1) is 0 Å². The molecule has 0 N–H and O–H groups in total. The van der Waals surface area contributed by atoms with Crippen LogP contribution >= 0.6 is 0 Å². The molecule has 1 aromatic heterocycles. The Morgan fingerprint density at radius 3 is 2.58 bits per heavy atom. The Morgan fingerprint density at radius 2 is 1.85 bits per heavy atom. The van der Waals surface area contributed by atoms with Crippen molar-refractivity contribution in [2.45, 2.75) is 40.7 Å². The lowest BCUT2D eigenvalue weighted by atomic mass is 9.96. The number of hydrogen-bond acceptors (Lipinski definition) is 4. The van der Waals surface area contributed by atoms with Crippen LogP contribution in [-0.4, -0.2) is 22.0 Å². The van der Waals surface area contributed by atoms with Gasteiger partial charge in [-0.25, -0.2) is 4.79 Å². The average molecular weight is 439 g/mol. The van der Waals surface area contributed by atoms with E-state index >= 15 is 0 Å². The number of hydrogen-bond donors (Lipinski definition) is 0. The molecular weight excluding hydrogens is 412 g/mol. The quantitative estimate of drug-likeness (QED) is 0.229. The minimum Gasteiger partial charge on any atom is -0.341 e. The predicted octanol–water partition coefficient (Wildman–Crippen LogP) is 5.81. The third-order valence-corrected chi connectivity index (χ3v) is 6.63. The summed E-state index contributed by atoms with van der Waals surface area (Å²) in [5, 5.41) is 6.39. The second-order valence-corrected chi connectivity index (χ2v) is 8.77. The van der Waals surface area contributed by atoms with Gasteiger partial charge in [-0.2, -0.15) is 0 Å². The maximum absolute atomic E-state index is 13.3. The summed E-state index contributed by atoms with van der Waals surface area (Å²) >= 11 is 0. The molecule has 5 heteroatoms. The Bertz CT molecular complexity index is 1480. The van der Waals surface area contributed by atoms with Crippen LogP contribution in [0.2, 0.25) is 0 Å². The lowest BCUT2D eigenvalue weighted by Gasteiger charge is -2.06.